The molecule has 5 nitrogen and oxygen atoms in total. The molecule has 0 aliphatic heterocycles. The molecule has 4 N–H and O–H groups in total. The zero-order valence-corrected chi connectivity index (χ0v) is 10.3. The molecular formula is C12H21N3O2. The van der Waals surface area contributed by atoms with Gasteiger partial charge in [-0.3, -0.25) is 4.79 Å². The lowest BCUT2D eigenvalue weighted by molar-refractivity contribution is -0.125. The van der Waals surface area contributed by atoms with Gasteiger partial charge in [0.2, 0.25) is 5.91 Å². The fraction of sp³-hybridized carbons (Fsp3) is 0.833. The van der Waals surface area contributed by atoms with Crippen molar-refractivity contribution >= 4 is 11.7 Å². The van der Waals surface area contributed by atoms with Gasteiger partial charge in [-0.15, -0.1) is 0 Å². The molecule has 0 spiro atoms. The van der Waals surface area contributed by atoms with Gasteiger partial charge >= 0.3 is 0 Å². The van der Waals surface area contributed by atoms with Gasteiger partial charge in [0.05, 0.1) is 0 Å². The van der Waals surface area contributed by atoms with Gasteiger partial charge in [-0.2, -0.15) is 0 Å². The molecule has 2 aliphatic rings. The maximum absolute atomic E-state index is 12.2. The second-order valence-electron chi connectivity index (χ2n) is 5.41. The smallest absolute Gasteiger partial charge is 0.234 e. The quantitative estimate of drug-likeness (QED) is 0.299. The van der Waals surface area contributed by atoms with Crippen LogP contribution in [0, 0.1) is 11.3 Å². The summed E-state index contributed by atoms with van der Waals surface area (Å²) in [5.41, 5.74) is 4.88. The van der Waals surface area contributed by atoms with E-state index in [9.17, 15) is 4.79 Å². The van der Waals surface area contributed by atoms with Crippen molar-refractivity contribution in [3.63, 3.8) is 0 Å². The Bertz CT molecular complexity index is 337. The van der Waals surface area contributed by atoms with Gasteiger partial charge in [-0.25, -0.2) is 0 Å². The van der Waals surface area contributed by atoms with Crippen molar-refractivity contribution in [2.75, 3.05) is 0 Å². The van der Waals surface area contributed by atoms with Crippen molar-refractivity contribution in [1.82, 2.24) is 5.32 Å². The zero-order valence-electron chi connectivity index (χ0n) is 10.3. The van der Waals surface area contributed by atoms with Crippen LogP contribution < -0.4 is 11.1 Å². The van der Waals surface area contributed by atoms with Gasteiger partial charge in [0.25, 0.3) is 0 Å². The second-order valence-corrected chi connectivity index (χ2v) is 5.41. The first-order valence-electron chi connectivity index (χ1n) is 6.39. The maximum atomic E-state index is 12.2. The van der Waals surface area contributed by atoms with E-state index in [0.29, 0.717) is 18.8 Å². The highest BCUT2D eigenvalue weighted by atomic mass is 16.4. The Morgan fingerprint density at radius 3 is 2.59 bits per heavy atom. The molecule has 2 aliphatic carbocycles. The lowest BCUT2D eigenvalue weighted by Gasteiger charge is -2.30. The first-order valence-corrected chi connectivity index (χ1v) is 6.39. The Morgan fingerprint density at radius 2 is 2.06 bits per heavy atom. The Morgan fingerprint density at radius 1 is 1.41 bits per heavy atom. The van der Waals surface area contributed by atoms with Crippen molar-refractivity contribution in [3.8, 4) is 0 Å². The number of rotatable bonds is 3. The molecule has 17 heavy (non-hydrogen) atoms. The fourth-order valence-corrected chi connectivity index (χ4v) is 2.66. The predicted molar refractivity (Wildman–Crippen MR) is 64.6 cm³/mol. The van der Waals surface area contributed by atoms with Crippen molar-refractivity contribution in [2.24, 2.45) is 22.2 Å². The van der Waals surface area contributed by atoms with Crippen LogP contribution in [-0.2, 0) is 4.79 Å². The molecule has 2 atom stereocenters. The van der Waals surface area contributed by atoms with Crippen molar-refractivity contribution < 1.29 is 10.0 Å². The summed E-state index contributed by atoms with van der Waals surface area (Å²) in [5.74, 6) is 0.515. The van der Waals surface area contributed by atoms with Crippen LogP contribution in [0.4, 0.5) is 0 Å². The second kappa shape index (κ2) is 4.55. The van der Waals surface area contributed by atoms with Gasteiger partial charge in [0, 0.05) is 6.04 Å². The lowest BCUT2D eigenvalue weighted by atomic mass is 9.85. The number of nitrogens with two attached hydrogens (primary N) is 1. The predicted octanol–water partition coefficient (Wildman–Crippen LogP) is 1.21. The molecule has 1 amide bonds. The van der Waals surface area contributed by atoms with E-state index in [-0.39, 0.29) is 17.8 Å². The normalized spacial score (nSPS) is 31.9. The van der Waals surface area contributed by atoms with Crippen LogP contribution in [-0.4, -0.2) is 23.0 Å². The maximum Gasteiger partial charge on any atom is 0.234 e. The first kappa shape index (κ1) is 12.2. The molecule has 0 aromatic carbocycles. The van der Waals surface area contributed by atoms with E-state index in [0.717, 1.165) is 6.42 Å². The third-order valence-corrected chi connectivity index (χ3v) is 4.21. The van der Waals surface area contributed by atoms with Gasteiger partial charge in [-0.05, 0) is 31.6 Å². The molecule has 0 radical (unpaired) electrons. The van der Waals surface area contributed by atoms with Crippen molar-refractivity contribution in [1.29, 1.82) is 0 Å². The fourth-order valence-electron chi connectivity index (χ4n) is 2.66. The highest BCUT2D eigenvalue weighted by molar-refractivity contribution is 6.09. The Labute approximate surface area is 101 Å². The molecule has 0 aromatic rings. The van der Waals surface area contributed by atoms with Crippen molar-refractivity contribution in [3.05, 3.63) is 0 Å². The molecule has 0 heterocycles. The van der Waals surface area contributed by atoms with Crippen LogP contribution in [0.1, 0.15) is 45.4 Å². The number of nitrogens with one attached hydrogen (secondary N) is 1. The van der Waals surface area contributed by atoms with E-state index in [1.54, 1.807) is 0 Å². The summed E-state index contributed by atoms with van der Waals surface area (Å²) in [6.07, 6.45) is 6.01. The molecule has 2 unspecified atom stereocenters. The summed E-state index contributed by atoms with van der Waals surface area (Å²) in [7, 11) is 0. The first-order chi connectivity index (χ1) is 8.10. The monoisotopic (exact) mass is 239 g/mol. The summed E-state index contributed by atoms with van der Waals surface area (Å²) in [6.45, 7) is 2.17. The summed E-state index contributed by atoms with van der Waals surface area (Å²) >= 11 is 0. The van der Waals surface area contributed by atoms with Crippen LogP contribution in [0.15, 0.2) is 5.16 Å². The summed E-state index contributed by atoms with van der Waals surface area (Å²) in [4.78, 5) is 12.2. The summed E-state index contributed by atoms with van der Waals surface area (Å²) in [5, 5.41) is 14.8. The van der Waals surface area contributed by atoms with Crippen LogP contribution >= 0.6 is 0 Å². The van der Waals surface area contributed by atoms with E-state index in [4.69, 9.17) is 10.9 Å². The topological polar surface area (TPSA) is 87.7 Å². The minimum Gasteiger partial charge on any atom is -0.409 e. The van der Waals surface area contributed by atoms with Gasteiger partial charge in [0.15, 0.2) is 5.84 Å². The summed E-state index contributed by atoms with van der Waals surface area (Å²) < 4.78 is 0. The Hall–Kier alpha value is -1.26. The van der Waals surface area contributed by atoms with Gasteiger partial charge in [-0.1, -0.05) is 24.9 Å². The number of amides is 1. The SMILES string of the molecule is CC1CCCCC1NC(=O)C1(C(N)=NO)CC1. The average molecular weight is 239 g/mol. The molecule has 96 valence electrons. The highest BCUT2D eigenvalue weighted by Crippen LogP contribution is 2.46. The van der Waals surface area contributed by atoms with Crippen LogP contribution in [0.2, 0.25) is 0 Å². The average Bonchev–Trinajstić information content (AvgIpc) is 3.12. The Balaban J connectivity index is 1.97. The molecule has 0 saturated heterocycles. The van der Waals surface area contributed by atoms with E-state index in [1.807, 2.05) is 0 Å². The van der Waals surface area contributed by atoms with E-state index in [1.165, 1.54) is 19.3 Å². The number of hydrogen-bond acceptors (Lipinski definition) is 3. The van der Waals surface area contributed by atoms with Crippen LogP contribution in [0.5, 0.6) is 0 Å². The van der Waals surface area contributed by atoms with Crippen molar-refractivity contribution in [2.45, 2.75) is 51.5 Å². The highest BCUT2D eigenvalue weighted by Gasteiger charge is 2.54. The van der Waals surface area contributed by atoms with E-state index < -0.39 is 5.41 Å². The minimum absolute atomic E-state index is 0.0541. The molecule has 0 aromatic heterocycles. The number of nitrogens with zero attached hydrogens (tertiary/aromatic N) is 1. The molecule has 0 bridgehead atoms. The Kier molecular flexibility index (Phi) is 3.26. The number of oxime groups is 1. The zero-order chi connectivity index (χ0) is 12.5. The third kappa shape index (κ3) is 2.23. The van der Waals surface area contributed by atoms with Gasteiger partial charge < -0.3 is 16.3 Å². The number of hydrogen-bond donors (Lipinski definition) is 3. The minimum atomic E-state index is -0.716. The lowest BCUT2D eigenvalue weighted by Crippen LogP contribution is -2.48. The number of amidine groups is 1. The molecule has 2 rings (SSSR count). The molecule has 2 saturated carbocycles. The molecular weight excluding hydrogens is 218 g/mol. The number of carbonyl (C=O) groups excluding carboxylic acids is 1. The van der Waals surface area contributed by atoms with Gasteiger partial charge in [0.1, 0.15) is 5.41 Å². The third-order valence-electron chi connectivity index (χ3n) is 4.21. The van der Waals surface area contributed by atoms with Crippen LogP contribution in [0.3, 0.4) is 0 Å². The van der Waals surface area contributed by atoms with Crippen LogP contribution in [0.25, 0.3) is 0 Å². The standard InChI is InChI=1S/C12H21N3O2/c1-8-4-2-3-5-9(8)14-11(16)12(6-7-12)10(13)15-17/h8-9,17H,2-7H2,1H3,(H2,13,15)(H,14,16). The summed E-state index contributed by atoms with van der Waals surface area (Å²) in [6, 6.07) is 0.250. The molecule has 2 fully saturated rings. The van der Waals surface area contributed by atoms with E-state index >= 15 is 0 Å². The van der Waals surface area contributed by atoms with E-state index in [2.05, 4.69) is 17.4 Å². The molecule has 5 heteroatoms. The largest absolute Gasteiger partial charge is 0.409 e. The number of carbonyl (C=O) groups is 1.